The molecule has 0 aliphatic carbocycles. The monoisotopic (exact) mass is 356 g/mol. The van der Waals surface area contributed by atoms with E-state index < -0.39 is 10.0 Å². The molecule has 0 spiro atoms. The Labute approximate surface area is 142 Å². The molecule has 1 aliphatic heterocycles. The predicted octanol–water partition coefficient (Wildman–Crippen LogP) is 1.51. The first kappa shape index (κ1) is 18.9. The van der Waals surface area contributed by atoms with Crippen LogP contribution in [-0.4, -0.2) is 46.8 Å². The number of hydrogen-bond donors (Lipinski definition) is 2. The van der Waals surface area contributed by atoms with Crippen molar-refractivity contribution in [3.05, 3.63) is 24.3 Å². The molecule has 1 fully saturated rings. The lowest BCUT2D eigenvalue weighted by Crippen LogP contribution is -2.26. The summed E-state index contributed by atoms with van der Waals surface area (Å²) < 4.78 is 37.8. The van der Waals surface area contributed by atoms with Gasteiger partial charge < -0.3 is 14.8 Å². The van der Waals surface area contributed by atoms with E-state index in [2.05, 4.69) is 10.0 Å². The van der Waals surface area contributed by atoms with Crippen LogP contribution in [0.5, 0.6) is 0 Å². The lowest BCUT2D eigenvalue weighted by molar-refractivity contribution is -0.114. The van der Waals surface area contributed by atoms with Crippen molar-refractivity contribution in [1.29, 1.82) is 0 Å². The normalized spacial score (nSPS) is 17.8. The maximum absolute atomic E-state index is 12.1. The molecule has 1 aliphatic rings. The van der Waals surface area contributed by atoms with E-state index in [-0.39, 0.29) is 16.9 Å². The summed E-state index contributed by atoms with van der Waals surface area (Å²) >= 11 is 0. The minimum absolute atomic E-state index is 0.164. The van der Waals surface area contributed by atoms with Crippen molar-refractivity contribution in [1.82, 2.24) is 4.72 Å². The molecule has 1 heterocycles. The highest BCUT2D eigenvalue weighted by molar-refractivity contribution is 7.89. The Balaban J connectivity index is 1.69. The van der Waals surface area contributed by atoms with Gasteiger partial charge >= 0.3 is 0 Å². The van der Waals surface area contributed by atoms with E-state index in [1.807, 2.05) is 0 Å². The van der Waals surface area contributed by atoms with Crippen LogP contribution in [0.15, 0.2) is 29.2 Å². The van der Waals surface area contributed by atoms with E-state index in [0.29, 0.717) is 31.9 Å². The van der Waals surface area contributed by atoms with Gasteiger partial charge in [0.15, 0.2) is 0 Å². The summed E-state index contributed by atoms with van der Waals surface area (Å²) in [6, 6.07) is 6.03. The van der Waals surface area contributed by atoms with Crippen molar-refractivity contribution >= 4 is 21.6 Å². The third-order valence-electron chi connectivity index (χ3n) is 3.57. The zero-order chi connectivity index (χ0) is 17.4. The molecule has 1 aromatic carbocycles. The highest BCUT2D eigenvalue weighted by Gasteiger charge is 2.15. The Morgan fingerprint density at radius 2 is 2.08 bits per heavy atom. The lowest BCUT2D eigenvalue weighted by Gasteiger charge is -2.11. The van der Waals surface area contributed by atoms with Crippen molar-refractivity contribution in [2.75, 3.05) is 31.7 Å². The van der Waals surface area contributed by atoms with E-state index in [1.54, 1.807) is 12.1 Å². The summed E-state index contributed by atoms with van der Waals surface area (Å²) in [6.07, 6.45) is 2.88. The smallest absolute Gasteiger partial charge is 0.240 e. The molecule has 0 saturated carbocycles. The molecule has 0 radical (unpaired) electrons. The van der Waals surface area contributed by atoms with Gasteiger partial charge in [0.2, 0.25) is 15.9 Å². The third kappa shape index (κ3) is 6.20. The number of nitrogens with one attached hydrogen (secondary N) is 2. The van der Waals surface area contributed by atoms with Gasteiger partial charge in [0.05, 0.1) is 17.6 Å². The van der Waals surface area contributed by atoms with Crippen LogP contribution in [0.1, 0.15) is 26.2 Å². The lowest BCUT2D eigenvalue weighted by atomic mass is 10.2. The second-order valence-corrected chi connectivity index (χ2v) is 7.43. The Hall–Kier alpha value is -1.48. The number of rotatable bonds is 9. The Kier molecular flexibility index (Phi) is 7.16. The first-order valence-corrected chi connectivity index (χ1v) is 9.52. The SMILES string of the molecule is CC(=O)Nc1ccc(S(=O)(=O)NCCCOCC2CCCO2)cc1. The number of ether oxygens (including phenoxy) is 2. The predicted molar refractivity (Wildman–Crippen MR) is 90.3 cm³/mol. The van der Waals surface area contributed by atoms with E-state index in [4.69, 9.17) is 9.47 Å². The topological polar surface area (TPSA) is 93.7 Å². The van der Waals surface area contributed by atoms with E-state index >= 15 is 0 Å². The van der Waals surface area contributed by atoms with Crippen molar-refractivity contribution in [2.45, 2.75) is 37.2 Å². The van der Waals surface area contributed by atoms with Gasteiger partial charge in [-0.25, -0.2) is 13.1 Å². The highest BCUT2D eigenvalue weighted by atomic mass is 32.2. The van der Waals surface area contributed by atoms with Gasteiger partial charge in [0.25, 0.3) is 0 Å². The summed E-state index contributed by atoms with van der Waals surface area (Å²) in [4.78, 5) is 11.1. The van der Waals surface area contributed by atoms with Crippen LogP contribution in [0, 0.1) is 0 Å². The molecule has 2 N–H and O–H groups in total. The fourth-order valence-electron chi connectivity index (χ4n) is 2.38. The minimum atomic E-state index is -3.55. The van der Waals surface area contributed by atoms with Crippen LogP contribution >= 0.6 is 0 Å². The Morgan fingerprint density at radius 3 is 2.71 bits per heavy atom. The molecule has 0 aromatic heterocycles. The maximum Gasteiger partial charge on any atom is 0.240 e. The summed E-state index contributed by atoms with van der Waals surface area (Å²) in [5.41, 5.74) is 0.559. The minimum Gasteiger partial charge on any atom is -0.379 e. The number of carbonyl (C=O) groups excluding carboxylic acids is 1. The second kappa shape index (κ2) is 9.12. The van der Waals surface area contributed by atoms with E-state index in [1.165, 1.54) is 19.1 Å². The van der Waals surface area contributed by atoms with E-state index in [9.17, 15) is 13.2 Å². The quantitative estimate of drug-likeness (QED) is 0.654. The van der Waals surface area contributed by atoms with Crippen LogP contribution in [0.4, 0.5) is 5.69 Å². The summed E-state index contributed by atoms with van der Waals surface area (Å²) in [5.74, 6) is -0.202. The number of carbonyl (C=O) groups is 1. The molecule has 1 unspecified atom stereocenters. The van der Waals surface area contributed by atoms with Crippen LogP contribution in [-0.2, 0) is 24.3 Å². The van der Waals surface area contributed by atoms with Gasteiger partial charge in [-0.3, -0.25) is 4.79 Å². The third-order valence-corrected chi connectivity index (χ3v) is 5.05. The standard InChI is InChI=1S/C16H24N2O5S/c1-13(19)18-14-5-7-16(8-6-14)24(20,21)17-9-3-10-22-12-15-4-2-11-23-15/h5-8,15,17H,2-4,9-12H2,1H3,(H,18,19). The fourth-order valence-corrected chi connectivity index (χ4v) is 3.45. The number of sulfonamides is 1. The van der Waals surface area contributed by atoms with Crippen LogP contribution in [0.25, 0.3) is 0 Å². The first-order valence-electron chi connectivity index (χ1n) is 8.04. The molecule has 1 aromatic rings. The molecule has 8 heteroatoms. The maximum atomic E-state index is 12.1. The number of hydrogen-bond acceptors (Lipinski definition) is 5. The van der Waals surface area contributed by atoms with Crippen molar-refractivity contribution in [2.24, 2.45) is 0 Å². The largest absolute Gasteiger partial charge is 0.379 e. The molecule has 7 nitrogen and oxygen atoms in total. The van der Waals surface area contributed by atoms with Crippen molar-refractivity contribution in [3.8, 4) is 0 Å². The van der Waals surface area contributed by atoms with Crippen LogP contribution in [0.2, 0.25) is 0 Å². The van der Waals surface area contributed by atoms with Crippen molar-refractivity contribution in [3.63, 3.8) is 0 Å². The zero-order valence-corrected chi connectivity index (χ0v) is 14.6. The summed E-state index contributed by atoms with van der Waals surface area (Å²) in [5, 5.41) is 2.59. The average molecular weight is 356 g/mol. The van der Waals surface area contributed by atoms with Crippen LogP contribution in [0.3, 0.4) is 0 Å². The van der Waals surface area contributed by atoms with Gasteiger partial charge in [0, 0.05) is 32.4 Å². The van der Waals surface area contributed by atoms with Crippen molar-refractivity contribution < 1.29 is 22.7 Å². The van der Waals surface area contributed by atoms with Gasteiger partial charge in [-0.15, -0.1) is 0 Å². The van der Waals surface area contributed by atoms with Gasteiger partial charge in [0.1, 0.15) is 0 Å². The Morgan fingerprint density at radius 1 is 1.33 bits per heavy atom. The number of amides is 1. The van der Waals surface area contributed by atoms with E-state index in [0.717, 1.165) is 19.4 Å². The molecule has 1 amide bonds. The zero-order valence-electron chi connectivity index (χ0n) is 13.8. The first-order chi connectivity index (χ1) is 11.5. The van der Waals surface area contributed by atoms with Gasteiger partial charge in [-0.05, 0) is 43.5 Å². The Bertz CT molecular complexity index is 624. The van der Waals surface area contributed by atoms with Gasteiger partial charge in [-0.2, -0.15) is 0 Å². The molecule has 134 valence electrons. The molecule has 1 atom stereocenters. The average Bonchev–Trinajstić information content (AvgIpc) is 3.04. The van der Waals surface area contributed by atoms with Gasteiger partial charge in [-0.1, -0.05) is 0 Å². The molecule has 2 rings (SSSR count). The highest BCUT2D eigenvalue weighted by Crippen LogP contribution is 2.14. The molecular weight excluding hydrogens is 332 g/mol. The molecule has 24 heavy (non-hydrogen) atoms. The molecule has 0 bridgehead atoms. The second-order valence-electron chi connectivity index (χ2n) is 5.67. The summed E-state index contributed by atoms with van der Waals surface area (Å²) in [7, 11) is -3.55. The van der Waals surface area contributed by atoms with Crippen LogP contribution < -0.4 is 10.0 Å². The number of anilines is 1. The summed E-state index contributed by atoms with van der Waals surface area (Å²) in [6.45, 7) is 3.56. The fraction of sp³-hybridized carbons (Fsp3) is 0.562. The molecular formula is C16H24N2O5S. The molecule has 1 saturated heterocycles. The number of benzene rings is 1.